The number of hydrogen-bond acceptors (Lipinski definition) is 4. The number of hydrogen-bond donors (Lipinski definition) is 0. The molecule has 1 aromatic heterocycles. The second kappa shape index (κ2) is 6.76. The molecule has 0 saturated heterocycles. The monoisotopic (exact) mass is 306 g/mol. The van der Waals surface area contributed by atoms with Crippen molar-refractivity contribution in [1.29, 1.82) is 0 Å². The van der Waals surface area contributed by atoms with E-state index in [0.29, 0.717) is 10.9 Å². The largest absolute Gasteiger partial charge is 0.497 e. The van der Waals surface area contributed by atoms with Crippen LogP contribution in [0.4, 0.5) is 0 Å². The molecular weight excluding hydrogens is 288 g/mol. The van der Waals surface area contributed by atoms with Gasteiger partial charge in [0.15, 0.2) is 0 Å². The Hall–Kier alpha value is -1.81. The Bertz CT molecular complexity index is 644. The number of aromatic nitrogens is 2. The van der Waals surface area contributed by atoms with Crippen molar-refractivity contribution in [3.05, 3.63) is 34.7 Å². The van der Waals surface area contributed by atoms with Crippen molar-refractivity contribution >= 4 is 11.6 Å². The highest BCUT2D eigenvalue weighted by molar-refractivity contribution is 6.30. The fourth-order valence-corrected chi connectivity index (χ4v) is 2.31. The van der Waals surface area contributed by atoms with Crippen LogP contribution >= 0.6 is 11.6 Å². The molecule has 1 aromatic carbocycles. The van der Waals surface area contributed by atoms with Gasteiger partial charge >= 0.3 is 0 Å². The van der Waals surface area contributed by atoms with E-state index in [1.54, 1.807) is 14.2 Å². The van der Waals surface area contributed by atoms with Crippen LogP contribution in [0.15, 0.2) is 18.2 Å². The van der Waals surface area contributed by atoms with Gasteiger partial charge in [-0.15, -0.1) is 0 Å². The summed E-state index contributed by atoms with van der Waals surface area (Å²) in [5, 5.41) is 0.487. The maximum atomic E-state index is 6.24. The van der Waals surface area contributed by atoms with Crippen LogP contribution in [-0.2, 0) is 6.42 Å². The summed E-state index contributed by atoms with van der Waals surface area (Å²) in [6, 6.07) is 5.65. The lowest BCUT2D eigenvalue weighted by molar-refractivity contribution is 0.395. The molecule has 0 spiro atoms. The molecule has 5 heteroatoms. The van der Waals surface area contributed by atoms with Crippen LogP contribution in [0.25, 0.3) is 11.3 Å². The van der Waals surface area contributed by atoms with E-state index >= 15 is 0 Å². The second-order valence-corrected chi connectivity index (χ2v) is 5.08. The predicted octanol–water partition coefficient (Wildman–Crippen LogP) is 4.08. The van der Waals surface area contributed by atoms with Crippen molar-refractivity contribution in [3.8, 4) is 22.8 Å². The van der Waals surface area contributed by atoms with Crippen LogP contribution in [0.1, 0.15) is 24.7 Å². The summed E-state index contributed by atoms with van der Waals surface area (Å²) in [6.07, 6.45) is 1.77. The Balaban J connectivity index is 2.60. The summed E-state index contributed by atoms with van der Waals surface area (Å²) in [5.41, 5.74) is 2.54. The molecule has 0 aliphatic rings. The van der Waals surface area contributed by atoms with Crippen molar-refractivity contribution in [2.45, 2.75) is 26.7 Å². The normalized spacial score (nSPS) is 10.5. The average Bonchev–Trinajstić information content (AvgIpc) is 2.50. The van der Waals surface area contributed by atoms with Gasteiger partial charge in [0.2, 0.25) is 0 Å². The number of rotatable bonds is 5. The summed E-state index contributed by atoms with van der Waals surface area (Å²) in [7, 11) is 3.25. The van der Waals surface area contributed by atoms with Crippen molar-refractivity contribution in [3.63, 3.8) is 0 Å². The highest BCUT2D eigenvalue weighted by Crippen LogP contribution is 2.35. The number of benzene rings is 1. The molecule has 0 saturated carbocycles. The molecular formula is C16H19ClN2O2. The summed E-state index contributed by atoms with van der Waals surface area (Å²) < 4.78 is 10.7. The Morgan fingerprint density at radius 1 is 1.14 bits per heavy atom. The Morgan fingerprint density at radius 3 is 2.52 bits per heavy atom. The molecule has 0 amide bonds. The first-order chi connectivity index (χ1) is 10.1. The molecule has 1 heterocycles. The van der Waals surface area contributed by atoms with Gasteiger partial charge in [-0.2, -0.15) is 0 Å². The fraction of sp³-hybridized carbons (Fsp3) is 0.375. The standard InChI is InChI=1S/C16H19ClN2O2/c1-5-6-14-18-15(10(2)16(17)19-14)12-8-7-11(20-3)9-13(12)21-4/h7-9H,5-6H2,1-4H3. The molecule has 0 atom stereocenters. The third-order valence-electron chi connectivity index (χ3n) is 3.27. The van der Waals surface area contributed by atoms with Gasteiger partial charge in [-0.3, -0.25) is 0 Å². The maximum absolute atomic E-state index is 6.24. The van der Waals surface area contributed by atoms with Crippen molar-refractivity contribution in [2.24, 2.45) is 0 Å². The average molecular weight is 307 g/mol. The number of halogens is 1. The van der Waals surface area contributed by atoms with E-state index < -0.39 is 0 Å². The predicted molar refractivity (Wildman–Crippen MR) is 84.3 cm³/mol. The van der Waals surface area contributed by atoms with E-state index in [1.165, 1.54) is 0 Å². The zero-order chi connectivity index (χ0) is 15.4. The van der Waals surface area contributed by atoms with Crippen LogP contribution in [0.3, 0.4) is 0 Å². The lowest BCUT2D eigenvalue weighted by Crippen LogP contribution is -2.01. The van der Waals surface area contributed by atoms with Crippen LogP contribution in [0, 0.1) is 6.92 Å². The lowest BCUT2D eigenvalue weighted by atomic mass is 10.1. The summed E-state index contributed by atoms with van der Waals surface area (Å²) in [5.74, 6) is 2.19. The first-order valence-corrected chi connectivity index (χ1v) is 7.23. The van der Waals surface area contributed by atoms with E-state index in [-0.39, 0.29) is 0 Å². The molecule has 0 fully saturated rings. The highest BCUT2D eigenvalue weighted by atomic mass is 35.5. The SMILES string of the molecule is CCCc1nc(Cl)c(C)c(-c2ccc(OC)cc2OC)n1. The smallest absolute Gasteiger partial charge is 0.136 e. The summed E-state index contributed by atoms with van der Waals surface area (Å²) in [4.78, 5) is 8.97. The second-order valence-electron chi connectivity index (χ2n) is 4.72. The van der Waals surface area contributed by atoms with Crippen LogP contribution < -0.4 is 9.47 Å². The number of aryl methyl sites for hydroxylation is 1. The van der Waals surface area contributed by atoms with Gasteiger partial charge in [-0.25, -0.2) is 9.97 Å². The molecule has 0 radical (unpaired) electrons. The molecule has 112 valence electrons. The molecule has 21 heavy (non-hydrogen) atoms. The third-order valence-corrected chi connectivity index (χ3v) is 3.64. The zero-order valence-electron chi connectivity index (χ0n) is 12.7. The van der Waals surface area contributed by atoms with Gasteiger partial charge in [0.25, 0.3) is 0 Å². The van der Waals surface area contributed by atoms with E-state index in [0.717, 1.165) is 41.2 Å². The summed E-state index contributed by atoms with van der Waals surface area (Å²) >= 11 is 6.24. The minimum Gasteiger partial charge on any atom is -0.497 e. The lowest BCUT2D eigenvalue weighted by Gasteiger charge is -2.13. The van der Waals surface area contributed by atoms with Crippen molar-refractivity contribution < 1.29 is 9.47 Å². The molecule has 0 bridgehead atoms. The van der Waals surface area contributed by atoms with Gasteiger partial charge in [-0.1, -0.05) is 18.5 Å². The fourth-order valence-electron chi connectivity index (χ4n) is 2.12. The van der Waals surface area contributed by atoms with Gasteiger partial charge in [0.1, 0.15) is 22.5 Å². The number of methoxy groups -OCH3 is 2. The van der Waals surface area contributed by atoms with E-state index in [2.05, 4.69) is 16.9 Å². The first-order valence-electron chi connectivity index (χ1n) is 6.86. The molecule has 0 aliphatic heterocycles. The quantitative estimate of drug-likeness (QED) is 0.781. The van der Waals surface area contributed by atoms with Crippen LogP contribution in [-0.4, -0.2) is 24.2 Å². The van der Waals surface area contributed by atoms with Crippen LogP contribution in [0.5, 0.6) is 11.5 Å². The molecule has 0 N–H and O–H groups in total. The zero-order valence-corrected chi connectivity index (χ0v) is 13.5. The molecule has 4 nitrogen and oxygen atoms in total. The topological polar surface area (TPSA) is 44.2 Å². The van der Waals surface area contributed by atoms with Gasteiger partial charge in [0, 0.05) is 23.6 Å². The number of ether oxygens (including phenoxy) is 2. The molecule has 0 aliphatic carbocycles. The molecule has 0 unspecified atom stereocenters. The maximum Gasteiger partial charge on any atom is 0.136 e. The van der Waals surface area contributed by atoms with E-state index in [1.807, 2.05) is 25.1 Å². The minimum absolute atomic E-state index is 0.487. The van der Waals surface area contributed by atoms with Gasteiger partial charge in [0.05, 0.1) is 19.9 Å². The molecule has 2 rings (SSSR count). The minimum atomic E-state index is 0.487. The van der Waals surface area contributed by atoms with Crippen LogP contribution in [0.2, 0.25) is 5.15 Å². The van der Waals surface area contributed by atoms with Gasteiger partial charge < -0.3 is 9.47 Å². The third kappa shape index (κ3) is 3.27. The summed E-state index contributed by atoms with van der Waals surface area (Å²) in [6.45, 7) is 4.00. The Morgan fingerprint density at radius 2 is 1.90 bits per heavy atom. The number of nitrogens with zero attached hydrogens (tertiary/aromatic N) is 2. The van der Waals surface area contributed by atoms with Gasteiger partial charge in [-0.05, 0) is 25.5 Å². The highest BCUT2D eigenvalue weighted by Gasteiger charge is 2.15. The Labute approximate surface area is 130 Å². The van der Waals surface area contributed by atoms with Crippen molar-refractivity contribution in [1.82, 2.24) is 9.97 Å². The first kappa shape index (κ1) is 15.6. The van der Waals surface area contributed by atoms with Crippen molar-refractivity contribution in [2.75, 3.05) is 14.2 Å². The van der Waals surface area contributed by atoms with E-state index in [4.69, 9.17) is 21.1 Å². The van der Waals surface area contributed by atoms with E-state index in [9.17, 15) is 0 Å². The molecule has 2 aromatic rings. The Kier molecular flexibility index (Phi) is 5.02.